The van der Waals surface area contributed by atoms with Crippen LogP contribution in [0.3, 0.4) is 0 Å². The molecule has 15 heteroatoms. The molecule has 0 unspecified atom stereocenters. The van der Waals surface area contributed by atoms with Crippen molar-refractivity contribution in [3.63, 3.8) is 0 Å². The zero-order valence-corrected chi connectivity index (χ0v) is 21.9. The molecule has 15 nitrogen and oxygen atoms in total. The van der Waals surface area contributed by atoms with Crippen molar-refractivity contribution in [2.75, 3.05) is 6.61 Å². The number of phenols is 2. The highest BCUT2D eigenvalue weighted by Gasteiger charge is 2.51. The van der Waals surface area contributed by atoms with E-state index in [1.807, 2.05) is 0 Å². The van der Waals surface area contributed by atoms with Crippen molar-refractivity contribution in [1.82, 2.24) is 0 Å². The summed E-state index contributed by atoms with van der Waals surface area (Å²) in [6.07, 6.45) is -15.6. The lowest BCUT2D eigenvalue weighted by molar-refractivity contribution is -0.354. The number of fused-ring (bicyclic) bond motifs is 1. The zero-order valence-electron chi connectivity index (χ0n) is 21.9. The minimum Gasteiger partial charge on any atom is -0.508 e. The van der Waals surface area contributed by atoms with Gasteiger partial charge >= 0.3 is 0 Å². The van der Waals surface area contributed by atoms with Crippen molar-refractivity contribution in [2.24, 2.45) is 0 Å². The van der Waals surface area contributed by atoms with Crippen molar-refractivity contribution in [3.8, 4) is 34.3 Å². The largest absolute Gasteiger partial charge is 0.508 e. The Morgan fingerprint density at radius 3 is 2.19 bits per heavy atom. The summed E-state index contributed by atoms with van der Waals surface area (Å²) in [5, 5.41) is 91.7. The number of rotatable bonds is 6. The van der Waals surface area contributed by atoms with Crippen LogP contribution in [-0.4, -0.2) is 114 Å². The quantitative estimate of drug-likeness (QED) is 0.159. The van der Waals surface area contributed by atoms with Crippen LogP contribution in [0.5, 0.6) is 23.0 Å². The molecule has 1 aromatic heterocycles. The van der Waals surface area contributed by atoms with Gasteiger partial charge in [0.15, 0.2) is 18.2 Å². The Hall–Kier alpha value is -3.51. The molecule has 3 aromatic rings. The minimum absolute atomic E-state index is 0.0706. The van der Waals surface area contributed by atoms with Crippen molar-refractivity contribution >= 4 is 11.0 Å². The molecule has 5 rings (SSSR count). The lowest BCUT2D eigenvalue weighted by atomic mass is 9.97. The maximum atomic E-state index is 12.9. The molecule has 0 aliphatic carbocycles. The number of hydrogen-bond acceptors (Lipinski definition) is 15. The van der Waals surface area contributed by atoms with E-state index in [0.717, 1.165) is 6.07 Å². The number of phenolic OH excluding ortho intramolecular Hbond substituents is 2. The second-order valence-electron chi connectivity index (χ2n) is 10.1. The second kappa shape index (κ2) is 11.6. The van der Waals surface area contributed by atoms with Crippen LogP contribution in [0.1, 0.15) is 6.92 Å². The molecule has 0 amide bonds. The Morgan fingerprint density at radius 2 is 1.52 bits per heavy atom. The van der Waals surface area contributed by atoms with Gasteiger partial charge in [-0.3, -0.25) is 4.79 Å². The molecule has 228 valence electrons. The van der Waals surface area contributed by atoms with Crippen LogP contribution >= 0.6 is 0 Å². The third-order valence-corrected chi connectivity index (χ3v) is 7.23. The molecule has 2 aromatic carbocycles. The molecular weight excluding hydrogens is 564 g/mol. The van der Waals surface area contributed by atoms with Crippen molar-refractivity contribution in [3.05, 3.63) is 46.6 Å². The van der Waals surface area contributed by atoms with Crippen LogP contribution in [-0.2, 0) is 14.2 Å². The smallest absolute Gasteiger partial charge is 0.238 e. The number of aliphatic hydroxyl groups excluding tert-OH is 6. The van der Waals surface area contributed by atoms with Gasteiger partial charge < -0.3 is 69.3 Å². The molecule has 9 N–H and O–H groups in total. The van der Waals surface area contributed by atoms with Gasteiger partial charge in [-0.05, 0) is 31.2 Å². The number of benzene rings is 2. The normalized spacial score (nSPS) is 33.5. The van der Waals surface area contributed by atoms with Crippen LogP contribution in [0.25, 0.3) is 22.3 Å². The fraction of sp³-hybridized carbons (Fsp3) is 0.444. The fourth-order valence-electron chi connectivity index (χ4n) is 4.85. The molecule has 10 atom stereocenters. The summed E-state index contributed by atoms with van der Waals surface area (Å²) >= 11 is 0. The Morgan fingerprint density at radius 1 is 0.833 bits per heavy atom. The highest BCUT2D eigenvalue weighted by Crippen LogP contribution is 2.37. The first kappa shape index (κ1) is 30.0. The predicted octanol–water partition coefficient (Wildman–Crippen LogP) is -1.39. The van der Waals surface area contributed by atoms with Crippen molar-refractivity contribution in [2.45, 2.75) is 68.3 Å². The Kier molecular flexibility index (Phi) is 8.30. The van der Waals surface area contributed by atoms with Gasteiger partial charge in [-0.2, -0.15) is 0 Å². The summed E-state index contributed by atoms with van der Waals surface area (Å²) in [5.74, 6) is -2.00. The summed E-state index contributed by atoms with van der Waals surface area (Å²) in [6.45, 7) is 0.660. The van der Waals surface area contributed by atoms with Crippen LogP contribution in [0.4, 0.5) is 0 Å². The summed E-state index contributed by atoms with van der Waals surface area (Å²) in [4.78, 5) is 12.9. The van der Waals surface area contributed by atoms with E-state index in [-0.39, 0.29) is 33.8 Å². The third kappa shape index (κ3) is 5.37. The maximum absolute atomic E-state index is 12.9. The Balaban J connectivity index is 1.50. The topological polar surface area (TPSA) is 249 Å². The van der Waals surface area contributed by atoms with E-state index in [4.69, 9.17) is 23.4 Å². The van der Waals surface area contributed by atoms with E-state index in [0.29, 0.717) is 0 Å². The SMILES string of the molecule is C[C@H]1O[C@@H](O[C@@H]2[C@H](Oc3cc(O)c4c(=O)c(O)c(-c5ccc(O)cc5)oc4c3)O[C@H](CO)[C@@H](O)[C@@H]2O)[C@H](O)[C@H](O)[C@H]1O. The molecule has 3 heterocycles. The minimum atomic E-state index is -1.79. The van der Waals surface area contributed by atoms with E-state index >= 15 is 0 Å². The van der Waals surface area contributed by atoms with Gasteiger partial charge in [0.25, 0.3) is 0 Å². The van der Waals surface area contributed by atoms with Crippen LogP contribution in [0, 0.1) is 0 Å². The van der Waals surface area contributed by atoms with Gasteiger partial charge in [0.2, 0.25) is 17.5 Å². The van der Waals surface area contributed by atoms with Gasteiger partial charge in [-0.15, -0.1) is 0 Å². The monoisotopic (exact) mass is 594 g/mol. The van der Waals surface area contributed by atoms with Gasteiger partial charge in [0, 0.05) is 17.7 Å². The van der Waals surface area contributed by atoms with Gasteiger partial charge in [-0.1, -0.05) is 0 Å². The first-order valence-corrected chi connectivity index (χ1v) is 12.9. The molecule has 2 saturated heterocycles. The molecule has 2 fully saturated rings. The highest BCUT2D eigenvalue weighted by atomic mass is 16.8. The summed E-state index contributed by atoms with van der Waals surface area (Å²) in [5.41, 5.74) is -0.967. The molecule has 0 bridgehead atoms. The van der Waals surface area contributed by atoms with Crippen LogP contribution in [0.15, 0.2) is 45.6 Å². The molecular formula is C27H30O15. The lowest BCUT2D eigenvalue weighted by Crippen LogP contribution is -2.64. The van der Waals surface area contributed by atoms with E-state index in [9.17, 15) is 50.8 Å². The zero-order chi connectivity index (χ0) is 30.5. The van der Waals surface area contributed by atoms with E-state index in [2.05, 4.69) is 0 Å². The van der Waals surface area contributed by atoms with Gasteiger partial charge in [0.05, 0.1) is 12.7 Å². The molecule has 0 spiro atoms. The standard InChI is InChI=1S/C27H30O15/c1-9-17(31)20(34)23(37)26(38-9)42-25-21(35)18(32)15(8-28)41-27(25)39-12-6-13(30)16-14(7-12)40-24(22(36)19(16)33)10-2-4-11(29)5-3-10/h2-7,9,15,17-18,20-21,23,25-32,34-37H,8H2,1H3/t9-,15-,17+,18-,20-,21+,23-,25+,26+,27-/m1/s1. The van der Waals surface area contributed by atoms with Gasteiger partial charge in [-0.25, -0.2) is 0 Å². The fourth-order valence-corrected chi connectivity index (χ4v) is 4.85. The van der Waals surface area contributed by atoms with Crippen LogP contribution in [0.2, 0.25) is 0 Å². The third-order valence-electron chi connectivity index (χ3n) is 7.23. The number of ether oxygens (including phenoxy) is 4. The maximum Gasteiger partial charge on any atom is 0.238 e. The van der Waals surface area contributed by atoms with Crippen molar-refractivity contribution < 1.29 is 69.3 Å². The first-order valence-electron chi connectivity index (χ1n) is 12.9. The highest BCUT2D eigenvalue weighted by molar-refractivity contribution is 5.88. The second-order valence-corrected chi connectivity index (χ2v) is 10.1. The van der Waals surface area contributed by atoms with E-state index in [1.165, 1.54) is 37.3 Å². The van der Waals surface area contributed by atoms with Gasteiger partial charge in [0.1, 0.15) is 64.8 Å². The average molecular weight is 595 g/mol. The predicted molar refractivity (Wildman–Crippen MR) is 139 cm³/mol. The Bertz CT molecular complexity index is 1470. The van der Waals surface area contributed by atoms with Crippen LogP contribution < -0.4 is 10.2 Å². The molecule has 0 saturated carbocycles. The average Bonchev–Trinajstić information content (AvgIpc) is 2.96. The van der Waals surface area contributed by atoms with Crippen molar-refractivity contribution in [1.29, 1.82) is 0 Å². The summed E-state index contributed by atoms with van der Waals surface area (Å²) in [7, 11) is 0. The molecule has 2 aliphatic rings. The molecule has 2 aliphatic heterocycles. The molecule has 42 heavy (non-hydrogen) atoms. The number of hydrogen-bond donors (Lipinski definition) is 9. The first-order chi connectivity index (χ1) is 19.9. The van der Waals surface area contributed by atoms with E-state index < -0.39 is 84.9 Å². The lowest BCUT2D eigenvalue weighted by Gasteiger charge is -2.45. The molecule has 0 radical (unpaired) electrons. The summed E-state index contributed by atoms with van der Waals surface area (Å²) < 4.78 is 28.2. The number of aromatic hydroxyl groups is 3. The number of aliphatic hydroxyl groups is 6. The van der Waals surface area contributed by atoms with E-state index in [1.54, 1.807) is 0 Å². The Labute approximate surface area is 236 Å². The summed E-state index contributed by atoms with van der Waals surface area (Å²) in [6, 6.07) is 7.54.